The molecule has 0 amide bonds. The van der Waals surface area contributed by atoms with Gasteiger partial charge in [0.1, 0.15) is 6.07 Å². The number of methoxy groups -OCH3 is 2. The summed E-state index contributed by atoms with van der Waals surface area (Å²) >= 11 is 1.66. The van der Waals surface area contributed by atoms with Crippen LogP contribution >= 0.6 is 24.2 Å². The Morgan fingerprint density at radius 1 is 1.12 bits per heavy atom. The van der Waals surface area contributed by atoms with E-state index in [1.807, 2.05) is 36.6 Å². The molecule has 0 atom stereocenters. The summed E-state index contributed by atoms with van der Waals surface area (Å²) < 4.78 is 10.7. The number of hydrogen-bond acceptors (Lipinski definition) is 6. The number of nitrogens with one attached hydrogen (secondary N) is 1. The van der Waals surface area contributed by atoms with Crippen LogP contribution in [0.3, 0.4) is 0 Å². The molecule has 1 N–H and O–H groups in total. The summed E-state index contributed by atoms with van der Waals surface area (Å²) in [5, 5.41) is 13.6. The minimum atomic E-state index is 0. The summed E-state index contributed by atoms with van der Waals surface area (Å²) in [5.74, 6) is 1.19. The van der Waals surface area contributed by atoms with Crippen LogP contribution in [0.5, 0.6) is 11.5 Å². The number of fused-ring (bicyclic) bond motifs is 1. The standard InChI is InChI=1S/C19H17N3O2S.ClH/c1-23-17-8-15-16(9-18(17)24-2)21-11-12(10-20)19(15)22-13-5-4-6-14(7-13)25-3;/h4-9,11H,1-3H3,(H,21,22);1H. The Hall–Kier alpha value is -2.62. The first-order valence-corrected chi connectivity index (χ1v) is 8.78. The van der Waals surface area contributed by atoms with Gasteiger partial charge in [0.05, 0.1) is 31.0 Å². The molecule has 0 aliphatic carbocycles. The molecule has 1 aromatic heterocycles. The number of thioether (sulfide) groups is 1. The average molecular weight is 388 g/mol. The van der Waals surface area contributed by atoms with Gasteiger partial charge < -0.3 is 14.8 Å². The second-order valence-electron chi connectivity index (χ2n) is 5.24. The van der Waals surface area contributed by atoms with Crippen LogP contribution in [0.2, 0.25) is 0 Å². The van der Waals surface area contributed by atoms with Gasteiger partial charge in [-0.1, -0.05) is 6.07 Å². The molecular weight excluding hydrogens is 370 g/mol. The van der Waals surface area contributed by atoms with Gasteiger partial charge in [0.15, 0.2) is 11.5 Å². The van der Waals surface area contributed by atoms with Crippen molar-refractivity contribution in [2.45, 2.75) is 4.90 Å². The molecule has 7 heteroatoms. The highest BCUT2D eigenvalue weighted by Gasteiger charge is 2.14. The van der Waals surface area contributed by atoms with Gasteiger partial charge in [0, 0.05) is 28.2 Å². The first-order chi connectivity index (χ1) is 12.2. The maximum Gasteiger partial charge on any atom is 0.162 e. The summed E-state index contributed by atoms with van der Waals surface area (Å²) in [6.45, 7) is 0. The van der Waals surface area contributed by atoms with E-state index in [2.05, 4.69) is 16.4 Å². The van der Waals surface area contributed by atoms with Crippen LogP contribution in [0.1, 0.15) is 5.56 Å². The zero-order valence-corrected chi connectivity index (χ0v) is 16.2. The van der Waals surface area contributed by atoms with E-state index in [9.17, 15) is 5.26 Å². The second-order valence-corrected chi connectivity index (χ2v) is 6.12. The first-order valence-electron chi connectivity index (χ1n) is 7.56. The fourth-order valence-corrected chi connectivity index (χ4v) is 3.04. The minimum Gasteiger partial charge on any atom is -0.493 e. The monoisotopic (exact) mass is 387 g/mol. The Balaban J connectivity index is 0.00000243. The number of halogens is 1. The molecule has 0 unspecified atom stereocenters. The molecule has 0 fully saturated rings. The zero-order valence-electron chi connectivity index (χ0n) is 14.6. The Bertz CT molecular complexity index is 973. The molecule has 134 valence electrons. The van der Waals surface area contributed by atoms with Crippen molar-refractivity contribution >= 4 is 46.4 Å². The Morgan fingerprint density at radius 2 is 1.85 bits per heavy atom. The number of benzene rings is 2. The van der Waals surface area contributed by atoms with Crippen LogP contribution in [0, 0.1) is 11.3 Å². The molecule has 0 saturated carbocycles. The second kappa shape index (κ2) is 8.65. The van der Waals surface area contributed by atoms with Crippen LogP contribution < -0.4 is 14.8 Å². The number of rotatable bonds is 5. The van der Waals surface area contributed by atoms with E-state index in [1.165, 1.54) is 0 Å². The Labute approximate surface area is 162 Å². The lowest BCUT2D eigenvalue weighted by Crippen LogP contribution is -1.98. The molecule has 2 aromatic carbocycles. The summed E-state index contributed by atoms with van der Waals surface area (Å²) in [6, 6.07) is 13.9. The fourth-order valence-electron chi connectivity index (χ4n) is 2.58. The molecule has 3 rings (SSSR count). The normalized spacial score (nSPS) is 9.92. The molecule has 3 aromatic rings. The summed E-state index contributed by atoms with van der Waals surface area (Å²) in [4.78, 5) is 5.51. The summed E-state index contributed by atoms with van der Waals surface area (Å²) in [7, 11) is 3.17. The highest BCUT2D eigenvalue weighted by molar-refractivity contribution is 7.98. The van der Waals surface area contributed by atoms with Crippen molar-refractivity contribution < 1.29 is 9.47 Å². The van der Waals surface area contributed by atoms with Gasteiger partial charge in [0.2, 0.25) is 0 Å². The molecule has 0 saturated heterocycles. The predicted octanol–water partition coefficient (Wildman–Crippen LogP) is 5.01. The van der Waals surface area contributed by atoms with Gasteiger partial charge in [-0.05, 0) is 30.5 Å². The zero-order chi connectivity index (χ0) is 17.8. The number of ether oxygens (including phenoxy) is 2. The van der Waals surface area contributed by atoms with Gasteiger partial charge in [-0.25, -0.2) is 0 Å². The average Bonchev–Trinajstić information content (AvgIpc) is 2.67. The van der Waals surface area contributed by atoms with E-state index >= 15 is 0 Å². The van der Waals surface area contributed by atoms with Crippen LogP contribution in [-0.2, 0) is 0 Å². The topological polar surface area (TPSA) is 67.2 Å². The SMILES string of the molecule is COc1cc2ncc(C#N)c(Nc3cccc(SC)c3)c2cc1OC.Cl. The molecule has 5 nitrogen and oxygen atoms in total. The molecule has 0 spiro atoms. The number of pyridine rings is 1. The van der Waals surface area contributed by atoms with Crippen molar-refractivity contribution in [2.24, 2.45) is 0 Å². The van der Waals surface area contributed by atoms with Crippen LogP contribution in [0.15, 0.2) is 47.5 Å². The van der Waals surface area contributed by atoms with Crippen molar-refractivity contribution in [3.05, 3.63) is 48.2 Å². The molecular formula is C19H18ClN3O2S. The Kier molecular flexibility index (Phi) is 6.56. The smallest absolute Gasteiger partial charge is 0.162 e. The summed E-state index contributed by atoms with van der Waals surface area (Å²) in [6.07, 6.45) is 3.59. The lowest BCUT2D eigenvalue weighted by molar-refractivity contribution is 0.356. The van der Waals surface area contributed by atoms with Crippen LogP contribution in [-0.4, -0.2) is 25.5 Å². The van der Waals surface area contributed by atoms with Crippen molar-refractivity contribution in [2.75, 3.05) is 25.8 Å². The number of nitrogens with zero attached hydrogens (tertiary/aromatic N) is 2. The van der Waals surface area contributed by atoms with Crippen LogP contribution in [0.4, 0.5) is 11.4 Å². The highest BCUT2D eigenvalue weighted by atomic mass is 35.5. The molecule has 0 radical (unpaired) electrons. The minimum absolute atomic E-state index is 0. The van der Waals surface area contributed by atoms with E-state index in [-0.39, 0.29) is 12.4 Å². The van der Waals surface area contributed by atoms with E-state index in [4.69, 9.17) is 9.47 Å². The third kappa shape index (κ3) is 3.79. The lowest BCUT2D eigenvalue weighted by atomic mass is 10.1. The van der Waals surface area contributed by atoms with Gasteiger partial charge in [-0.15, -0.1) is 24.2 Å². The van der Waals surface area contributed by atoms with Gasteiger partial charge >= 0.3 is 0 Å². The van der Waals surface area contributed by atoms with Crippen molar-refractivity contribution in [3.8, 4) is 17.6 Å². The maximum atomic E-state index is 9.49. The van der Waals surface area contributed by atoms with Crippen molar-refractivity contribution in [1.82, 2.24) is 4.98 Å². The van der Waals surface area contributed by atoms with Gasteiger partial charge in [-0.3, -0.25) is 4.98 Å². The van der Waals surface area contributed by atoms with Crippen LogP contribution in [0.25, 0.3) is 10.9 Å². The quantitative estimate of drug-likeness (QED) is 0.620. The first kappa shape index (κ1) is 19.7. The number of hydrogen-bond donors (Lipinski definition) is 1. The van der Waals surface area contributed by atoms with Crippen molar-refractivity contribution in [1.29, 1.82) is 5.26 Å². The van der Waals surface area contributed by atoms with E-state index in [0.29, 0.717) is 22.7 Å². The third-order valence-corrected chi connectivity index (χ3v) is 4.56. The lowest BCUT2D eigenvalue weighted by Gasteiger charge is -2.14. The predicted molar refractivity (Wildman–Crippen MR) is 108 cm³/mol. The molecule has 0 bridgehead atoms. The number of anilines is 2. The van der Waals surface area contributed by atoms with Gasteiger partial charge in [-0.2, -0.15) is 5.26 Å². The number of aromatic nitrogens is 1. The third-order valence-electron chi connectivity index (χ3n) is 3.83. The number of nitriles is 1. The van der Waals surface area contributed by atoms with E-state index in [1.54, 1.807) is 38.2 Å². The molecule has 0 aliphatic rings. The largest absolute Gasteiger partial charge is 0.493 e. The van der Waals surface area contributed by atoms with E-state index in [0.717, 1.165) is 21.5 Å². The maximum absolute atomic E-state index is 9.49. The Morgan fingerprint density at radius 3 is 2.50 bits per heavy atom. The van der Waals surface area contributed by atoms with E-state index < -0.39 is 0 Å². The highest BCUT2D eigenvalue weighted by Crippen LogP contribution is 2.37. The fraction of sp³-hybridized carbons (Fsp3) is 0.158. The molecule has 0 aliphatic heterocycles. The summed E-state index contributed by atoms with van der Waals surface area (Å²) in [5.41, 5.74) is 2.80. The molecule has 1 heterocycles. The van der Waals surface area contributed by atoms with Crippen molar-refractivity contribution in [3.63, 3.8) is 0 Å². The molecule has 26 heavy (non-hydrogen) atoms. The van der Waals surface area contributed by atoms with Gasteiger partial charge in [0.25, 0.3) is 0 Å².